The van der Waals surface area contributed by atoms with Gasteiger partial charge in [0.05, 0.1) is 57.1 Å². The molecule has 0 bridgehead atoms. The Morgan fingerprint density at radius 2 is 1.04 bits per heavy atom. The maximum Gasteiger partial charge on any atom is 0.311 e. The number of hydrogen-bond donors (Lipinski definition) is 6. The van der Waals surface area contributed by atoms with Crippen LogP contribution in [0, 0.1) is 58.7 Å². The molecule has 0 heterocycles. The molecule has 0 fully saturated rings. The van der Waals surface area contributed by atoms with Crippen LogP contribution >= 0.6 is 0 Å². The number of benzene rings is 2. The largest absolute Gasteiger partial charge is 0.497 e. The molecule has 0 saturated carbocycles. The van der Waals surface area contributed by atoms with Gasteiger partial charge in [-0.1, -0.05) is 111 Å². The predicted molar refractivity (Wildman–Crippen MR) is 304 cm³/mol. The third-order valence-electron chi connectivity index (χ3n) is 14.7. The van der Waals surface area contributed by atoms with Gasteiger partial charge in [-0.2, -0.15) is 0 Å². The van der Waals surface area contributed by atoms with Crippen LogP contribution < -0.4 is 26.0 Å². The van der Waals surface area contributed by atoms with E-state index in [0.29, 0.717) is 37.1 Å². The number of carbonyl (C=O) groups is 6. The highest BCUT2D eigenvalue weighted by Crippen LogP contribution is 2.45. The van der Waals surface area contributed by atoms with Crippen LogP contribution in [0.2, 0.25) is 0 Å². The number of ether oxygens (including phenoxy) is 6. The zero-order chi connectivity index (χ0) is 59.3. The highest BCUT2D eigenvalue weighted by Gasteiger charge is 2.47. The van der Waals surface area contributed by atoms with Gasteiger partial charge < -0.3 is 59.9 Å². The van der Waals surface area contributed by atoms with Crippen LogP contribution in [0.3, 0.4) is 0 Å². The average Bonchev–Trinajstić information content (AvgIpc) is 3.43. The Morgan fingerprint density at radius 3 is 1.51 bits per heavy atom. The first-order valence-electron chi connectivity index (χ1n) is 28.5. The molecular formula is C61H100N4O14. The standard InChI is InChI=1S/C61H100N4O14/c1-15-52(68)62-26-16-17-51(46-20-18-44(8)19-21-46)75-32-27-63-53(69)45(9)59(10,11)40-61(13,58(73)79-36-31-67)39-50(43(6)7)55(71)65-29-34-77-56(47-22-24-48(74-14)25-23-47)76-33-28-64-54(70)49(42(4)5)38-60(12,37-41(2)3)57(72)78-35-30-66/h18-25,41-43,45,49-51,56,66-67H,15-17,26-40H2,1-14H3,(H,62,68)(H,63,69)(H,64,70)(H,65,71). The molecule has 0 aromatic heterocycles. The van der Waals surface area contributed by atoms with Gasteiger partial charge in [-0.15, -0.1) is 0 Å². The van der Waals surface area contributed by atoms with Crippen LogP contribution in [0.15, 0.2) is 48.5 Å². The summed E-state index contributed by atoms with van der Waals surface area (Å²) in [5.74, 6) is -3.00. The minimum atomic E-state index is -1.24. The molecule has 0 saturated heterocycles. The van der Waals surface area contributed by atoms with Crippen molar-refractivity contribution in [3.63, 3.8) is 0 Å². The van der Waals surface area contributed by atoms with Crippen LogP contribution in [0.4, 0.5) is 0 Å². The van der Waals surface area contributed by atoms with E-state index in [9.17, 15) is 39.0 Å². The van der Waals surface area contributed by atoms with Crippen molar-refractivity contribution in [3.8, 4) is 5.75 Å². The number of amides is 4. The Bertz CT molecular complexity index is 2130. The number of carbonyl (C=O) groups excluding carboxylic acids is 6. The Labute approximate surface area is 472 Å². The first-order chi connectivity index (χ1) is 37.3. The van der Waals surface area contributed by atoms with E-state index >= 15 is 0 Å². The number of hydrogen-bond acceptors (Lipinski definition) is 14. The molecule has 448 valence electrons. The number of rotatable bonds is 40. The lowest BCUT2D eigenvalue weighted by atomic mass is 9.64. The van der Waals surface area contributed by atoms with Crippen LogP contribution in [0.25, 0.3) is 0 Å². The van der Waals surface area contributed by atoms with Gasteiger partial charge in [0, 0.05) is 55.9 Å². The van der Waals surface area contributed by atoms with E-state index in [4.69, 9.17) is 28.4 Å². The SMILES string of the molecule is CCC(=O)NCCCC(OCCNC(=O)C(C)C(C)(C)CC(C)(CC(C(=O)NCCOC(OCCNC(=O)C(CC(C)(CC(C)C)C(=O)OCCO)C(C)C)c1ccc(OC)cc1)C(C)C)C(=O)OCCO)c1ccc(C)cc1. The molecule has 2 aromatic carbocycles. The van der Waals surface area contributed by atoms with Crippen molar-refractivity contribution >= 4 is 35.6 Å². The summed E-state index contributed by atoms with van der Waals surface area (Å²) < 4.78 is 35.0. The lowest BCUT2D eigenvalue weighted by Gasteiger charge is -2.40. The number of aliphatic hydroxyl groups is 2. The van der Waals surface area contributed by atoms with Gasteiger partial charge in [0.15, 0.2) is 6.29 Å². The van der Waals surface area contributed by atoms with Gasteiger partial charge in [-0.25, -0.2) is 0 Å². The maximum absolute atomic E-state index is 14.1. The lowest BCUT2D eigenvalue weighted by Crippen LogP contribution is -2.46. The fourth-order valence-electron chi connectivity index (χ4n) is 9.99. The van der Waals surface area contributed by atoms with Crippen LogP contribution in [-0.2, 0) is 52.5 Å². The zero-order valence-electron chi connectivity index (χ0n) is 50.3. The van der Waals surface area contributed by atoms with Gasteiger partial charge in [-0.05, 0) is 100 Å². The van der Waals surface area contributed by atoms with E-state index in [1.165, 1.54) is 0 Å². The Hall–Kier alpha value is -5.14. The first kappa shape index (κ1) is 70.0. The fraction of sp³-hybridized carbons (Fsp3) is 0.705. The van der Waals surface area contributed by atoms with E-state index in [2.05, 4.69) is 21.3 Å². The van der Waals surface area contributed by atoms with Crippen molar-refractivity contribution in [1.29, 1.82) is 0 Å². The number of aryl methyl sites for hydroxylation is 1. The fourth-order valence-corrected chi connectivity index (χ4v) is 9.99. The second-order valence-electron chi connectivity index (χ2n) is 23.3. The molecule has 7 unspecified atom stereocenters. The number of esters is 2. The van der Waals surface area contributed by atoms with Gasteiger partial charge in [-0.3, -0.25) is 28.8 Å². The maximum atomic E-state index is 14.1. The predicted octanol–water partition coefficient (Wildman–Crippen LogP) is 7.96. The first-order valence-corrected chi connectivity index (χ1v) is 28.5. The quantitative estimate of drug-likeness (QED) is 0.0211. The Balaban J connectivity index is 2.15. The Kier molecular flexibility index (Phi) is 31.5. The van der Waals surface area contributed by atoms with Crippen molar-refractivity contribution in [2.75, 3.05) is 79.5 Å². The molecule has 18 nitrogen and oxygen atoms in total. The summed E-state index contributed by atoms with van der Waals surface area (Å²) in [5, 5.41) is 30.8. The molecule has 0 aliphatic rings. The monoisotopic (exact) mass is 1110 g/mol. The smallest absolute Gasteiger partial charge is 0.311 e. The summed E-state index contributed by atoms with van der Waals surface area (Å²) in [6.45, 7) is 25.2. The molecule has 4 amide bonds. The minimum Gasteiger partial charge on any atom is -0.497 e. The van der Waals surface area contributed by atoms with E-state index < -0.39 is 52.2 Å². The summed E-state index contributed by atoms with van der Waals surface area (Å²) >= 11 is 0. The molecule has 0 aliphatic carbocycles. The molecular weight excluding hydrogens is 1010 g/mol. The third kappa shape index (κ3) is 24.6. The summed E-state index contributed by atoms with van der Waals surface area (Å²) in [6, 6.07) is 15.3. The average molecular weight is 1110 g/mol. The molecule has 0 spiro atoms. The van der Waals surface area contributed by atoms with Crippen molar-refractivity contribution in [2.24, 2.45) is 51.8 Å². The van der Waals surface area contributed by atoms with Crippen LogP contribution in [-0.4, -0.2) is 125 Å². The summed E-state index contributed by atoms with van der Waals surface area (Å²) in [7, 11) is 1.56. The molecule has 6 N–H and O–H groups in total. The number of nitrogens with one attached hydrogen (secondary N) is 4. The van der Waals surface area contributed by atoms with Crippen molar-refractivity contribution in [1.82, 2.24) is 21.3 Å². The van der Waals surface area contributed by atoms with E-state index in [-0.39, 0.29) is 133 Å². The third-order valence-corrected chi connectivity index (χ3v) is 14.7. The summed E-state index contributed by atoms with van der Waals surface area (Å²) in [4.78, 5) is 80.6. The molecule has 0 radical (unpaired) electrons. The Morgan fingerprint density at radius 1 is 0.570 bits per heavy atom. The molecule has 2 rings (SSSR count). The molecule has 2 aromatic rings. The topological polar surface area (TPSA) is 246 Å². The van der Waals surface area contributed by atoms with Gasteiger partial charge in [0.1, 0.15) is 19.0 Å². The van der Waals surface area contributed by atoms with E-state index in [1.807, 2.05) is 107 Å². The van der Waals surface area contributed by atoms with E-state index in [0.717, 1.165) is 17.5 Å². The van der Waals surface area contributed by atoms with Crippen molar-refractivity contribution in [2.45, 2.75) is 147 Å². The summed E-state index contributed by atoms with van der Waals surface area (Å²) in [5.41, 5.74) is -0.126. The van der Waals surface area contributed by atoms with Crippen molar-refractivity contribution < 1.29 is 67.4 Å². The second-order valence-corrected chi connectivity index (χ2v) is 23.3. The van der Waals surface area contributed by atoms with Gasteiger partial charge >= 0.3 is 11.9 Å². The molecule has 7 atom stereocenters. The van der Waals surface area contributed by atoms with E-state index in [1.54, 1.807) is 38.3 Å². The highest BCUT2D eigenvalue weighted by molar-refractivity contribution is 5.83. The number of aliphatic hydroxyl groups excluding tert-OH is 2. The van der Waals surface area contributed by atoms with Crippen LogP contribution in [0.5, 0.6) is 5.75 Å². The lowest BCUT2D eigenvalue weighted by molar-refractivity contribution is -0.161. The van der Waals surface area contributed by atoms with Crippen molar-refractivity contribution in [3.05, 3.63) is 65.2 Å². The molecule has 18 heteroatoms. The molecule has 79 heavy (non-hydrogen) atoms. The summed E-state index contributed by atoms with van der Waals surface area (Å²) in [6.07, 6.45) is 1.77. The van der Waals surface area contributed by atoms with Gasteiger partial charge in [0.25, 0.3) is 0 Å². The number of methoxy groups -OCH3 is 1. The second kappa shape index (κ2) is 35.6. The zero-order valence-corrected chi connectivity index (χ0v) is 50.3. The van der Waals surface area contributed by atoms with Crippen LogP contribution in [0.1, 0.15) is 157 Å². The molecule has 0 aliphatic heterocycles. The highest BCUT2D eigenvalue weighted by atomic mass is 16.7. The minimum absolute atomic E-state index is 0.00167. The normalized spacial score (nSPS) is 15.2. The van der Waals surface area contributed by atoms with Gasteiger partial charge in [0.2, 0.25) is 23.6 Å².